The Hall–Kier alpha value is -2.53. The number of hydrogen-bond donors (Lipinski definition) is 1. The van der Waals surface area contributed by atoms with Crippen LogP contribution >= 0.6 is 11.6 Å². The van der Waals surface area contributed by atoms with Gasteiger partial charge in [-0.25, -0.2) is 4.79 Å². The molecule has 0 aliphatic carbocycles. The second-order valence-electron chi connectivity index (χ2n) is 5.33. The zero-order valence-electron chi connectivity index (χ0n) is 12.5. The first-order valence-electron chi connectivity index (χ1n) is 7.13. The third-order valence-corrected chi connectivity index (χ3v) is 3.81. The quantitative estimate of drug-likeness (QED) is 0.694. The molecule has 0 saturated heterocycles. The van der Waals surface area contributed by atoms with Crippen LogP contribution in [-0.4, -0.2) is 25.0 Å². The van der Waals surface area contributed by atoms with Gasteiger partial charge in [-0.3, -0.25) is 4.79 Å². The molecule has 0 radical (unpaired) electrons. The fourth-order valence-electron chi connectivity index (χ4n) is 2.43. The van der Waals surface area contributed by atoms with Gasteiger partial charge < -0.3 is 15.0 Å². The van der Waals surface area contributed by atoms with Crippen LogP contribution in [0.25, 0.3) is 0 Å². The van der Waals surface area contributed by atoms with Crippen molar-refractivity contribution in [2.45, 2.75) is 6.92 Å². The number of aryl methyl sites for hydroxylation is 1. The van der Waals surface area contributed by atoms with Crippen molar-refractivity contribution in [3.63, 3.8) is 0 Å². The standard InChI is InChI=1S/C17H15ClN2O3/c1-11-6-7-14-15(8-11)23-17(22)10-20(14)9-16(21)19-13-5-3-2-4-12(13)18/h2-8H,9-10H2,1H3,(H,19,21). The number of para-hydroxylation sites is 1. The van der Waals surface area contributed by atoms with E-state index in [4.69, 9.17) is 16.3 Å². The normalized spacial score (nSPS) is 13.3. The first-order chi connectivity index (χ1) is 11.0. The fraction of sp³-hybridized carbons (Fsp3) is 0.176. The Morgan fingerprint density at radius 2 is 2.09 bits per heavy atom. The molecule has 0 unspecified atom stereocenters. The number of ether oxygens (including phenoxy) is 1. The third-order valence-electron chi connectivity index (χ3n) is 3.48. The number of rotatable bonds is 3. The largest absolute Gasteiger partial charge is 0.423 e. The minimum Gasteiger partial charge on any atom is -0.423 e. The van der Waals surface area contributed by atoms with Crippen molar-refractivity contribution in [1.82, 2.24) is 0 Å². The van der Waals surface area contributed by atoms with Gasteiger partial charge in [0.1, 0.15) is 6.54 Å². The van der Waals surface area contributed by atoms with E-state index in [1.165, 1.54) is 0 Å². The summed E-state index contributed by atoms with van der Waals surface area (Å²) >= 11 is 6.03. The van der Waals surface area contributed by atoms with Gasteiger partial charge in [-0.1, -0.05) is 29.8 Å². The Balaban J connectivity index is 1.77. The van der Waals surface area contributed by atoms with E-state index in [-0.39, 0.29) is 25.0 Å². The molecule has 1 aliphatic rings. The van der Waals surface area contributed by atoms with E-state index in [1.54, 1.807) is 35.2 Å². The van der Waals surface area contributed by atoms with Gasteiger partial charge >= 0.3 is 5.97 Å². The topological polar surface area (TPSA) is 58.6 Å². The van der Waals surface area contributed by atoms with E-state index in [1.807, 2.05) is 19.1 Å². The van der Waals surface area contributed by atoms with Gasteiger partial charge in [-0.15, -0.1) is 0 Å². The average Bonchev–Trinajstić information content (AvgIpc) is 2.49. The van der Waals surface area contributed by atoms with Crippen LogP contribution in [0.1, 0.15) is 5.56 Å². The molecule has 1 amide bonds. The molecule has 1 heterocycles. The highest BCUT2D eigenvalue weighted by molar-refractivity contribution is 6.33. The number of anilines is 2. The van der Waals surface area contributed by atoms with Crippen LogP contribution in [0.3, 0.4) is 0 Å². The smallest absolute Gasteiger partial charge is 0.331 e. The molecule has 0 fully saturated rings. The van der Waals surface area contributed by atoms with Gasteiger partial charge in [0.2, 0.25) is 5.91 Å². The maximum atomic E-state index is 12.3. The summed E-state index contributed by atoms with van der Waals surface area (Å²) in [6.45, 7) is 1.99. The molecule has 0 saturated carbocycles. The van der Waals surface area contributed by atoms with Crippen LogP contribution < -0.4 is 15.0 Å². The minimum atomic E-state index is -0.381. The number of halogens is 1. The molecule has 0 atom stereocenters. The van der Waals surface area contributed by atoms with Gasteiger partial charge in [0.25, 0.3) is 0 Å². The third kappa shape index (κ3) is 3.46. The zero-order valence-corrected chi connectivity index (χ0v) is 13.3. The number of nitrogens with one attached hydrogen (secondary N) is 1. The molecule has 3 rings (SSSR count). The Morgan fingerprint density at radius 1 is 1.30 bits per heavy atom. The molecule has 0 bridgehead atoms. The van der Waals surface area contributed by atoms with Crippen LogP contribution in [0.5, 0.6) is 5.75 Å². The summed E-state index contributed by atoms with van der Waals surface area (Å²) in [6.07, 6.45) is 0. The lowest BCUT2D eigenvalue weighted by molar-refractivity contribution is -0.133. The van der Waals surface area contributed by atoms with Crippen molar-refractivity contribution >= 4 is 34.9 Å². The average molecular weight is 331 g/mol. The number of carbonyl (C=O) groups excluding carboxylic acids is 2. The maximum Gasteiger partial charge on any atom is 0.331 e. The highest BCUT2D eigenvalue weighted by Gasteiger charge is 2.25. The predicted molar refractivity (Wildman–Crippen MR) is 89.1 cm³/mol. The van der Waals surface area contributed by atoms with Crippen LogP contribution in [0.4, 0.5) is 11.4 Å². The Morgan fingerprint density at radius 3 is 2.87 bits per heavy atom. The lowest BCUT2D eigenvalue weighted by atomic mass is 10.1. The number of nitrogens with zero attached hydrogens (tertiary/aromatic N) is 1. The Kier molecular flexibility index (Phi) is 4.21. The number of amides is 1. The number of hydrogen-bond acceptors (Lipinski definition) is 4. The first-order valence-corrected chi connectivity index (χ1v) is 7.51. The van der Waals surface area contributed by atoms with Gasteiger partial charge in [-0.05, 0) is 36.8 Å². The summed E-state index contributed by atoms with van der Waals surface area (Å²) in [5.41, 5.74) is 2.26. The summed E-state index contributed by atoms with van der Waals surface area (Å²) in [6, 6.07) is 12.5. The van der Waals surface area contributed by atoms with E-state index in [0.717, 1.165) is 11.3 Å². The molecule has 0 spiro atoms. The Labute approximate surface area is 138 Å². The van der Waals surface area contributed by atoms with Gasteiger partial charge in [0.15, 0.2) is 5.75 Å². The van der Waals surface area contributed by atoms with Gasteiger partial charge in [0.05, 0.1) is 22.9 Å². The minimum absolute atomic E-state index is 0.0337. The zero-order chi connectivity index (χ0) is 16.4. The van der Waals surface area contributed by atoms with E-state index in [2.05, 4.69) is 5.32 Å². The second-order valence-corrected chi connectivity index (χ2v) is 5.74. The number of fused-ring (bicyclic) bond motifs is 1. The first kappa shape index (κ1) is 15.4. The monoisotopic (exact) mass is 330 g/mol. The molecule has 5 nitrogen and oxygen atoms in total. The summed E-state index contributed by atoms with van der Waals surface area (Å²) in [5.74, 6) is -0.153. The molecule has 2 aromatic rings. The molecular formula is C17H15ClN2O3. The highest BCUT2D eigenvalue weighted by Crippen LogP contribution is 2.32. The van der Waals surface area contributed by atoms with E-state index in [9.17, 15) is 9.59 Å². The van der Waals surface area contributed by atoms with Crippen LogP contribution in [-0.2, 0) is 9.59 Å². The van der Waals surface area contributed by atoms with Crippen molar-refractivity contribution < 1.29 is 14.3 Å². The second kappa shape index (κ2) is 6.30. The van der Waals surface area contributed by atoms with Crippen molar-refractivity contribution in [2.24, 2.45) is 0 Å². The molecule has 118 valence electrons. The summed E-state index contributed by atoms with van der Waals surface area (Å²) in [7, 11) is 0. The van der Waals surface area contributed by atoms with E-state index >= 15 is 0 Å². The van der Waals surface area contributed by atoms with Crippen molar-refractivity contribution in [2.75, 3.05) is 23.3 Å². The lowest BCUT2D eigenvalue weighted by Crippen LogP contribution is -2.41. The van der Waals surface area contributed by atoms with Crippen molar-refractivity contribution in [1.29, 1.82) is 0 Å². The highest BCUT2D eigenvalue weighted by atomic mass is 35.5. The predicted octanol–water partition coefficient (Wildman–Crippen LogP) is 3.01. The van der Waals surface area contributed by atoms with Crippen molar-refractivity contribution in [3.05, 3.63) is 53.1 Å². The van der Waals surface area contributed by atoms with Gasteiger partial charge in [0, 0.05) is 0 Å². The van der Waals surface area contributed by atoms with Crippen molar-refractivity contribution in [3.8, 4) is 5.75 Å². The lowest BCUT2D eigenvalue weighted by Gasteiger charge is -2.29. The number of esters is 1. The van der Waals surface area contributed by atoms with Crippen LogP contribution in [0.2, 0.25) is 5.02 Å². The fourth-order valence-corrected chi connectivity index (χ4v) is 2.61. The van der Waals surface area contributed by atoms with Crippen LogP contribution in [0, 0.1) is 6.92 Å². The molecule has 23 heavy (non-hydrogen) atoms. The number of benzene rings is 2. The van der Waals surface area contributed by atoms with E-state index < -0.39 is 0 Å². The summed E-state index contributed by atoms with van der Waals surface area (Å²) < 4.78 is 5.23. The van der Waals surface area contributed by atoms with Gasteiger partial charge in [-0.2, -0.15) is 0 Å². The Bertz CT molecular complexity index is 776. The van der Waals surface area contributed by atoms with E-state index in [0.29, 0.717) is 16.5 Å². The van der Waals surface area contributed by atoms with Crippen LogP contribution in [0.15, 0.2) is 42.5 Å². The SMILES string of the molecule is Cc1ccc2c(c1)OC(=O)CN2CC(=O)Nc1ccccc1Cl. The maximum absolute atomic E-state index is 12.3. The summed E-state index contributed by atoms with van der Waals surface area (Å²) in [4.78, 5) is 25.7. The molecule has 2 aromatic carbocycles. The molecule has 1 aliphatic heterocycles. The summed E-state index contributed by atoms with van der Waals surface area (Å²) in [5, 5.41) is 3.22. The molecular weight excluding hydrogens is 316 g/mol. The molecule has 6 heteroatoms. The number of carbonyl (C=O) groups is 2. The molecule has 0 aromatic heterocycles. The molecule has 1 N–H and O–H groups in total.